The fourth-order valence-corrected chi connectivity index (χ4v) is 2.69. The van der Waals surface area contributed by atoms with Crippen molar-refractivity contribution in [2.45, 2.75) is 33.1 Å². The summed E-state index contributed by atoms with van der Waals surface area (Å²) in [5.41, 5.74) is 1.92. The molecule has 0 aromatic heterocycles. The number of carbonyl (C=O) groups is 2. The molecule has 6 heteroatoms. The third-order valence-electron chi connectivity index (χ3n) is 4.53. The lowest BCUT2D eigenvalue weighted by atomic mass is 9.86. The predicted molar refractivity (Wildman–Crippen MR) is 119 cm³/mol. The van der Waals surface area contributed by atoms with Crippen molar-refractivity contribution in [1.82, 2.24) is 0 Å². The number of hydrogen-bond donors (Lipinski definition) is 1. The van der Waals surface area contributed by atoms with Gasteiger partial charge in [0, 0.05) is 11.1 Å². The largest absolute Gasteiger partial charge is 0.507 e. The average Bonchev–Trinajstić information content (AvgIpc) is 2.72. The number of ketones is 1. The van der Waals surface area contributed by atoms with Crippen molar-refractivity contribution < 1.29 is 28.9 Å². The van der Waals surface area contributed by atoms with E-state index in [1.807, 2.05) is 26.8 Å². The van der Waals surface area contributed by atoms with Gasteiger partial charge in [0.2, 0.25) is 0 Å². The van der Waals surface area contributed by atoms with Crippen LogP contribution in [0, 0.1) is 0 Å². The Hall–Kier alpha value is -3.12. The fourth-order valence-electron chi connectivity index (χ4n) is 2.69. The molecule has 0 amide bonds. The van der Waals surface area contributed by atoms with Gasteiger partial charge in [0.1, 0.15) is 24.7 Å². The third kappa shape index (κ3) is 7.26. The minimum absolute atomic E-state index is 0.0242. The van der Waals surface area contributed by atoms with E-state index in [-0.39, 0.29) is 35.7 Å². The van der Waals surface area contributed by atoms with Gasteiger partial charge in [-0.15, -0.1) is 0 Å². The monoisotopic (exact) mass is 426 g/mol. The van der Waals surface area contributed by atoms with Crippen LogP contribution in [-0.2, 0) is 19.7 Å². The van der Waals surface area contributed by atoms with Crippen molar-refractivity contribution in [2.75, 3.05) is 26.4 Å². The highest BCUT2D eigenvalue weighted by Gasteiger charge is 2.19. The lowest BCUT2D eigenvalue weighted by Crippen LogP contribution is -2.14. The SMILES string of the molecule is C=C(C)C(=O)OCCOCCOc1ccc(C(=O)c2ccc(C(C)(C)C)cc2O)cc1. The summed E-state index contributed by atoms with van der Waals surface area (Å²) in [6, 6.07) is 11.9. The molecule has 6 nitrogen and oxygen atoms in total. The van der Waals surface area contributed by atoms with Gasteiger partial charge in [0.05, 0.1) is 18.8 Å². The maximum atomic E-state index is 12.7. The zero-order valence-electron chi connectivity index (χ0n) is 18.6. The van der Waals surface area contributed by atoms with Crippen LogP contribution in [0.2, 0.25) is 0 Å². The van der Waals surface area contributed by atoms with Crippen LogP contribution in [0.5, 0.6) is 11.5 Å². The second kappa shape index (κ2) is 10.8. The van der Waals surface area contributed by atoms with Crippen molar-refractivity contribution in [3.05, 3.63) is 71.3 Å². The minimum Gasteiger partial charge on any atom is -0.507 e. The molecule has 0 bridgehead atoms. The molecule has 0 saturated carbocycles. The fraction of sp³-hybridized carbons (Fsp3) is 0.360. The lowest BCUT2D eigenvalue weighted by Gasteiger charge is -2.19. The molecule has 0 fully saturated rings. The smallest absolute Gasteiger partial charge is 0.333 e. The number of ether oxygens (including phenoxy) is 3. The normalized spacial score (nSPS) is 11.1. The van der Waals surface area contributed by atoms with Crippen LogP contribution in [0.3, 0.4) is 0 Å². The summed E-state index contributed by atoms with van der Waals surface area (Å²) < 4.78 is 15.8. The Morgan fingerprint density at radius 1 is 0.968 bits per heavy atom. The van der Waals surface area contributed by atoms with Gasteiger partial charge < -0.3 is 19.3 Å². The highest BCUT2D eigenvalue weighted by atomic mass is 16.6. The summed E-state index contributed by atoms with van der Waals surface area (Å²) in [4.78, 5) is 23.9. The molecule has 2 rings (SSSR count). The summed E-state index contributed by atoms with van der Waals surface area (Å²) in [6.45, 7) is 12.3. The number of hydrogen-bond acceptors (Lipinski definition) is 6. The molecule has 0 radical (unpaired) electrons. The molecule has 0 aliphatic heterocycles. The number of rotatable bonds is 10. The summed E-state index contributed by atoms with van der Waals surface area (Å²) in [7, 11) is 0. The average molecular weight is 427 g/mol. The zero-order valence-corrected chi connectivity index (χ0v) is 18.6. The van der Waals surface area contributed by atoms with E-state index >= 15 is 0 Å². The quantitative estimate of drug-likeness (QED) is 0.262. The number of aromatic hydroxyl groups is 1. The molecular formula is C25H30O6. The van der Waals surface area contributed by atoms with E-state index < -0.39 is 5.97 Å². The van der Waals surface area contributed by atoms with Crippen LogP contribution in [0.1, 0.15) is 49.2 Å². The molecule has 0 heterocycles. The van der Waals surface area contributed by atoms with Crippen molar-refractivity contribution in [3.8, 4) is 11.5 Å². The molecule has 0 saturated heterocycles. The summed E-state index contributed by atoms with van der Waals surface area (Å²) in [5, 5.41) is 10.3. The van der Waals surface area contributed by atoms with Crippen molar-refractivity contribution in [2.24, 2.45) is 0 Å². The molecule has 0 unspecified atom stereocenters. The number of benzene rings is 2. The van der Waals surface area contributed by atoms with Gasteiger partial charge in [-0.05, 0) is 54.3 Å². The van der Waals surface area contributed by atoms with Crippen molar-refractivity contribution >= 4 is 11.8 Å². The summed E-state index contributed by atoms with van der Waals surface area (Å²) in [5.74, 6) is -0.116. The molecule has 1 N–H and O–H groups in total. The Balaban J connectivity index is 1.82. The summed E-state index contributed by atoms with van der Waals surface area (Å²) in [6.07, 6.45) is 0. The van der Waals surface area contributed by atoms with Gasteiger partial charge >= 0.3 is 5.97 Å². The number of esters is 1. The third-order valence-corrected chi connectivity index (χ3v) is 4.53. The first-order chi connectivity index (χ1) is 14.6. The highest BCUT2D eigenvalue weighted by Crippen LogP contribution is 2.29. The van der Waals surface area contributed by atoms with Crippen LogP contribution in [0.4, 0.5) is 0 Å². The molecule has 0 aliphatic rings. The van der Waals surface area contributed by atoms with Crippen LogP contribution in [0.25, 0.3) is 0 Å². The predicted octanol–water partition coefficient (Wildman–Crippen LogP) is 4.44. The minimum atomic E-state index is -0.437. The van der Waals surface area contributed by atoms with E-state index in [0.29, 0.717) is 30.1 Å². The second-order valence-electron chi connectivity index (χ2n) is 8.21. The first-order valence-corrected chi connectivity index (χ1v) is 10.1. The zero-order chi connectivity index (χ0) is 23.0. The number of phenolic OH excluding ortho intramolecular Hbond substituents is 1. The Labute approximate surface area is 183 Å². The van der Waals surface area contributed by atoms with E-state index in [0.717, 1.165) is 5.56 Å². The molecule has 0 atom stereocenters. The van der Waals surface area contributed by atoms with E-state index in [1.165, 1.54) is 0 Å². The second-order valence-corrected chi connectivity index (χ2v) is 8.21. The molecule has 2 aromatic rings. The van der Waals surface area contributed by atoms with Crippen molar-refractivity contribution in [1.29, 1.82) is 0 Å². The molecule has 2 aromatic carbocycles. The Morgan fingerprint density at radius 3 is 2.19 bits per heavy atom. The van der Waals surface area contributed by atoms with E-state index in [2.05, 4.69) is 6.58 Å². The molecule has 0 aliphatic carbocycles. The standard InChI is InChI=1S/C25H30O6/c1-17(2)24(28)31-15-13-29-12-14-30-20-9-6-18(7-10-20)23(27)21-11-8-19(16-22(21)26)25(3,4)5/h6-11,16,26H,1,12-15H2,2-5H3. The number of phenols is 1. The summed E-state index contributed by atoms with van der Waals surface area (Å²) >= 11 is 0. The van der Waals surface area contributed by atoms with Crippen LogP contribution < -0.4 is 4.74 Å². The van der Waals surface area contributed by atoms with E-state index in [1.54, 1.807) is 43.3 Å². The lowest BCUT2D eigenvalue weighted by molar-refractivity contribution is -0.140. The molecule has 31 heavy (non-hydrogen) atoms. The molecule has 166 valence electrons. The highest BCUT2D eigenvalue weighted by molar-refractivity contribution is 6.10. The number of carbonyl (C=O) groups excluding carboxylic acids is 2. The maximum Gasteiger partial charge on any atom is 0.333 e. The van der Waals surface area contributed by atoms with Gasteiger partial charge in [-0.1, -0.05) is 33.4 Å². The molecular weight excluding hydrogens is 396 g/mol. The van der Waals surface area contributed by atoms with Gasteiger partial charge in [-0.2, -0.15) is 0 Å². The first-order valence-electron chi connectivity index (χ1n) is 10.1. The van der Waals surface area contributed by atoms with E-state index in [9.17, 15) is 14.7 Å². The van der Waals surface area contributed by atoms with Gasteiger partial charge in [0.15, 0.2) is 5.78 Å². The topological polar surface area (TPSA) is 82.1 Å². The maximum absolute atomic E-state index is 12.7. The van der Waals surface area contributed by atoms with Crippen molar-refractivity contribution in [3.63, 3.8) is 0 Å². The van der Waals surface area contributed by atoms with Gasteiger partial charge in [-0.3, -0.25) is 4.79 Å². The van der Waals surface area contributed by atoms with E-state index in [4.69, 9.17) is 14.2 Å². The van der Waals surface area contributed by atoms with Crippen LogP contribution in [0.15, 0.2) is 54.6 Å². The first kappa shape index (κ1) is 24.2. The van der Waals surface area contributed by atoms with Crippen LogP contribution >= 0.6 is 0 Å². The molecule has 0 spiro atoms. The Kier molecular flexibility index (Phi) is 8.39. The van der Waals surface area contributed by atoms with Crippen LogP contribution in [-0.4, -0.2) is 43.3 Å². The Bertz CT molecular complexity index is 922. The van der Waals surface area contributed by atoms with Gasteiger partial charge in [-0.25, -0.2) is 4.79 Å². The Morgan fingerprint density at radius 2 is 1.61 bits per heavy atom. The van der Waals surface area contributed by atoms with Gasteiger partial charge in [0.25, 0.3) is 0 Å².